The van der Waals surface area contributed by atoms with Gasteiger partial charge in [-0.1, -0.05) is 0 Å². The number of halogens is 2. The summed E-state index contributed by atoms with van der Waals surface area (Å²) >= 11 is 0. The summed E-state index contributed by atoms with van der Waals surface area (Å²) < 4.78 is 26.0. The molecule has 1 saturated heterocycles. The van der Waals surface area contributed by atoms with Crippen LogP contribution in [-0.2, 0) is 4.79 Å². The third-order valence-electron chi connectivity index (χ3n) is 2.85. The van der Waals surface area contributed by atoms with Crippen LogP contribution in [0.3, 0.4) is 0 Å². The zero-order chi connectivity index (χ0) is 13.3. The van der Waals surface area contributed by atoms with Crippen molar-refractivity contribution < 1.29 is 18.4 Å². The molecular weight excluding hydrogens is 242 g/mol. The molecule has 0 spiro atoms. The molecule has 1 aliphatic heterocycles. The number of carbonyl (C=O) groups is 2. The fraction of sp³-hybridized carbons (Fsp3) is 0.333. The third kappa shape index (κ3) is 2.47. The Bertz CT molecular complexity index is 505. The first kappa shape index (κ1) is 12.5. The highest BCUT2D eigenvalue weighted by atomic mass is 19.1. The first-order chi connectivity index (χ1) is 8.47. The Morgan fingerprint density at radius 2 is 2.17 bits per heavy atom. The lowest BCUT2D eigenvalue weighted by Crippen LogP contribution is -2.36. The number of hydrogen-bond acceptors (Lipinski definition) is 2. The molecule has 2 amide bonds. The molecule has 1 atom stereocenters. The minimum absolute atomic E-state index is 0.0696. The van der Waals surface area contributed by atoms with Gasteiger partial charge < -0.3 is 10.2 Å². The monoisotopic (exact) mass is 254 g/mol. The maximum Gasteiger partial charge on any atom is 0.254 e. The van der Waals surface area contributed by atoms with Crippen molar-refractivity contribution in [1.29, 1.82) is 0 Å². The fourth-order valence-electron chi connectivity index (χ4n) is 1.90. The van der Waals surface area contributed by atoms with Crippen LogP contribution in [0.2, 0.25) is 0 Å². The molecule has 96 valence electrons. The second-order valence-corrected chi connectivity index (χ2v) is 4.27. The molecule has 1 fully saturated rings. The lowest BCUT2D eigenvalue weighted by atomic mass is 10.1. The molecule has 6 heteroatoms. The molecule has 1 heterocycles. The summed E-state index contributed by atoms with van der Waals surface area (Å²) in [6, 6.07) is 2.42. The Morgan fingerprint density at radius 3 is 2.72 bits per heavy atom. The zero-order valence-corrected chi connectivity index (χ0v) is 9.74. The van der Waals surface area contributed by atoms with Gasteiger partial charge in [-0.15, -0.1) is 0 Å². The highest BCUT2D eigenvalue weighted by molar-refractivity contribution is 5.95. The number of amides is 2. The van der Waals surface area contributed by atoms with E-state index in [4.69, 9.17) is 0 Å². The van der Waals surface area contributed by atoms with Crippen LogP contribution >= 0.6 is 0 Å². The Labute approximate surface area is 103 Å². The number of nitrogens with one attached hydrogen (secondary N) is 1. The van der Waals surface area contributed by atoms with Crippen LogP contribution in [0.1, 0.15) is 16.8 Å². The van der Waals surface area contributed by atoms with E-state index in [1.165, 1.54) is 4.90 Å². The van der Waals surface area contributed by atoms with Gasteiger partial charge in [-0.05, 0) is 12.1 Å². The highest BCUT2D eigenvalue weighted by Crippen LogP contribution is 2.12. The predicted octanol–water partition coefficient (Wildman–Crippen LogP) is 0.925. The van der Waals surface area contributed by atoms with E-state index in [1.54, 1.807) is 7.05 Å². The van der Waals surface area contributed by atoms with E-state index in [0.717, 1.165) is 12.1 Å². The molecule has 2 rings (SSSR count). The number of hydrogen-bond donors (Lipinski definition) is 1. The largest absolute Gasteiger partial charge is 0.347 e. The van der Waals surface area contributed by atoms with Crippen molar-refractivity contribution in [2.24, 2.45) is 0 Å². The molecule has 1 N–H and O–H groups in total. The van der Waals surface area contributed by atoms with E-state index in [-0.39, 0.29) is 23.9 Å². The van der Waals surface area contributed by atoms with Gasteiger partial charge in [-0.3, -0.25) is 9.59 Å². The number of likely N-dealkylation sites (tertiary alicyclic amines) is 1. The van der Waals surface area contributed by atoms with Crippen molar-refractivity contribution in [2.45, 2.75) is 12.5 Å². The minimum atomic E-state index is -0.912. The predicted molar refractivity (Wildman–Crippen MR) is 59.9 cm³/mol. The molecule has 0 bridgehead atoms. The van der Waals surface area contributed by atoms with Gasteiger partial charge in [-0.25, -0.2) is 8.78 Å². The van der Waals surface area contributed by atoms with Gasteiger partial charge in [0.05, 0.1) is 11.6 Å². The number of nitrogens with zero attached hydrogens (tertiary/aromatic N) is 1. The first-order valence-electron chi connectivity index (χ1n) is 5.47. The Morgan fingerprint density at radius 1 is 1.44 bits per heavy atom. The van der Waals surface area contributed by atoms with Crippen LogP contribution in [0.5, 0.6) is 0 Å². The van der Waals surface area contributed by atoms with E-state index >= 15 is 0 Å². The van der Waals surface area contributed by atoms with Crippen molar-refractivity contribution in [1.82, 2.24) is 10.2 Å². The maximum absolute atomic E-state index is 13.3. The van der Waals surface area contributed by atoms with Gasteiger partial charge in [0.15, 0.2) is 0 Å². The summed E-state index contributed by atoms with van der Waals surface area (Å²) in [6.07, 6.45) is 0.199. The number of rotatable bonds is 2. The third-order valence-corrected chi connectivity index (χ3v) is 2.85. The topological polar surface area (TPSA) is 49.4 Å². The molecule has 0 aliphatic carbocycles. The molecule has 0 aromatic heterocycles. The molecule has 18 heavy (non-hydrogen) atoms. The molecule has 1 aliphatic rings. The lowest BCUT2D eigenvalue weighted by Gasteiger charge is -2.12. The SMILES string of the molecule is CN1CC(NC(=O)c2ccc(F)cc2F)CC1=O. The van der Waals surface area contributed by atoms with Gasteiger partial charge in [0.1, 0.15) is 11.6 Å². The van der Waals surface area contributed by atoms with Gasteiger partial charge in [0.25, 0.3) is 5.91 Å². The number of carbonyl (C=O) groups excluding carboxylic acids is 2. The van der Waals surface area contributed by atoms with Gasteiger partial charge >= 0.3 is 0 Å². The average Bonchev–Trinajstić information content (AvgIpc) is 2.57. The summed E-state index contributed by atoms with van der Waals surface area (Å²) in [4.78, 5) is 24.5. The van der Waals surface area contributed by atoms with E-state index in [2.05, 4.69) is 5.32 Å². The molecule has 1 aromatic carbocycles. The Kier molecular flexibility index (Phi) is 3.27. The molecule has 4 nitrogen and oxygen atoms in total. The van der Waals surface area contributed by atoms with Crippen molar-refractivity contribution in [3.63, 3.8) is 0 Å². The number of benzene rings is 1. The van der Waals surface area contributed by atoms with Gasteiger partial charge in [-0.2, -0.15) is 0 Å². The Hall–Kier alpha value is -1.98. The summed E-state index contributed by atoms with van der Waals surface area (Å²) in [6.45, 7) is 0.396. The quantitative estimate of drug-likeness (QED) is 0.853. The molecular formula is C12H12F2N2O2. The summed E-state index contributed by atoms with van der Waals surface area (Å²) in [5.74, 6) is -2.36. The number of likely N-dealkylation sites (N-methyl/N-ethyl adjacent to an activating group) is 1. The van der Waals surface area contributed by atoms with Crippen LogP contribution in [0, 0.1) is 11.6 Å². The van der Waals surface area contributed by atoms with Crippen LogP contribution in [-0.4, -0.2) is 36.3 Å². The van der Waals surface area contributed by atoms with E-state index in [9.17, 15) is 18.4 Å². The fourth-order valence-corrected chi connectivity index (χ4v) is 1.90. The first-order valence-corrected chi connectivity index (χ1v) is 5.47. The van der Waals surface area contributed by atoms with Gasteiger partial charge in [0, 0.05) is 26.1 Å². The van der Waals surface area contributed by atoms with Crippen molar-refractivity contribution in [3.05, 3.63) is 35.4 Å². The molecule has 1 unspecified atom stereocenters. The van der Waals surface area contributed by atoms with Crippen LogP contribution in [0.25, 0.3) is 0 Å². The van der Waals surface area contributed by atoms with Crippen molar-refractivity contribution in [3.8, 4) is 0 Å². The Balaban J connectivity index is 2.06. The summed E-state index contributed by atoms with van der Waals surface area (Å²) in [5.41, 5.74) is -0.224. The van der Waals surface area contributed by atoms with E-state index < -0.39 is 17.5 Å². The molecule has 1 aromatic rings. The second kappa shape index (κ2) is 4.72. The van der Waals surface area contributed by atoms with Crippen LogP contribution in [0.15, 0.2) is 18.2 Å². The second-order valence-electron chi connectivity index (χ2n) is 4.27. The van der Waals surface area contributed by atoms with Crippen molar-refractivity contribution >= 4 is 11.8 Å². The zero-order valence-electron chi connectivity index (χ0n) is 9.74. The summed E-state index contributed by atoms with van der Waals surface area (Å²) in [5, 5.41) is 2.55. The molecule has 0 saturated carbocycles. The van der Waals surface area contributed by atoms with E-state index in [0.29, 0.717) is 12.6 Å². The minimum Gasteiger partial charge on any atom is -0.347 e. The molecule has 0 radical (unpaired) electrons. The standard InChI is InChI=1S/C12H12F2N2O2/c1-16-6-8(5-11(16)17)15-12(18)9-3-2-7(13)4-10(9)14/h2-4,8H,5-6H2,1H3,(H,15,18). The maximum atomic E-state index is 13.3. The van der Waals surface area contributed by atoms with Crippen molar-refractivity contribution in [2.75, 3.05) is 13.6 Å². The van der Waals surface area contributed by atoms with E-state index in [1.807, 2.05) is 0 Å². The average molecular weight is 254 g/mol. The lowest BCUT2D eigenvalue weighted by molar-refractivity contribution is -0.126. The summed E-state index contributed by atoms with van der Waals surface area (Å²) in [7, 11) is 1.63. The smallest absolute Gasteiger partial charge is 0.254 e. The van der Waals surface area contributed by atoms with Gasteiger partial charge in [0.2, 0.25) is 5.91 Å². The highest BCUT2D eigenvalue weighted by Gasteiger charge is 2.28. The van der Waals surface area contributed by atoms with Crippen LogP contribution < -0.4 is 5.32 Å². The van der Waals surface area contributed by atoms with Crippen LogP contribution in [0.4, 0.5) is 8.78 Å². The normalized spacial score (nSPS) is 19.2.